The van der Waals surface area contributed by atoms with E-state index in [1.807, 2.05) is 13.0 Å². The average Bonchev–Trinajstić information content (AvgIpc) is 2.66. The van der Waals surface area contributed by atoms with Gasteiger partial charge in [-0.05, 0) is 43.5 Å². The van der Waals surface area contributed by atoms with Crippen molar-refractivity contribution in [3.05, 3.63) is 29.8 Å². The first-order valence-electron chi connectivity index (χ1n) is 5.75. The van der Waals surface area contributed by atoms with Crippen LogP contribution < -0.4 is 10.1 Å². The second kappa shape index (κ2) is 4.67. The molecule has 82 valence electrons. The number of hydrogen-bond donors (Lipinski definition) is 1. The van der Waals surface area contributed by atoms with Crippen molar-refractivity contribution >= 4 is 0 Å². The molecule has 2 atom stereocenters. The highest BCUT2D eigenvalue weighted by molar-refractivity contribution is 5.31. The molecule has 1 aromatic carbocycles. The highest BCUT2D eigenvalue weighted by atomic mass is 16.5. The highest BCUT2D eigenvalue weighted by Gasteiger charge is 2.21. The van der Waals surface area contributed by atoms with Crippen LogP contribution in [-0.2, 0) is 0 Å². The topological polar surface area (TPSA) is 21.3 Å². The lowest BCUT2D eigenvalue weighted by Gasteiger charge is -2.12. The van der Waals surface area contributed by atoms with Crippen LogP contribution in [0.25, 0.3) is 0 Å². The zero-order valence-corrected chi connectivity index (χ0v) is 9.49. The normalized spacial score (nSPS) is 25.5. The molecule has 0 amide bonds. The molecule has 1 aromatic rings. The predicted octanol–water partition coefficient (Wildman–Crippen LogP) is 2.76. The number of ether oxygens (including phenoxy) is 1. The van der Waals surface area contributed by atoms with Gasteiger partial charge in [-0.1, -0.05) is 19.1 Å². The molecule has 0 saturated carbocycles. The van der Waals surface area contributed by atoms with Gasteiger partial charge in [0.1, 0.15) is 5.75 Å². The minimum absolute atomic E-state index is 0.514. The largest absolute Gasteiger partial charge is 0.494 e. The van der Waals surface area contributed by atoms with Crippen LogP contribution in [0.1, 0.15) is 31.9 Å². The first-order chi connectivity index (χ1) is 7.29. The van der Waals surface area contributed by atoms with Crippen LogP contribution in [0.15, 0.2) is 24.3 Å². The smallest absolute Gasteiger partial charge is 0.119 e. The van der Waals surface area contributed by atoms with E-state index in [1.54, 1.807) is 0 Å². The Labute approximate surface area is 91.6 Å². The Morgan fingerprint density at radius 1 is 1.47 bits per heavy atom. The van der Waals surface area contributed by atoms with Gasteiger partial charge in [-0.25, -0.2) is 0 Å². The molecule has 1 fully saturated rings. The van der Waals surface area contributed by atoms with Gasteiger partial charge < -0.3 is 10.1 Å². The second-order valence-corrected chi connectivity index (χ2v) is 4.31. The van der Waals surface area contributed by atoms with Crippen LogP contribution in [-0.4, -0.2) is 13.2 Å². The van der Waals surface area contributed by atoms with Crippen molar-refractivity contribution in [3.8, 4) is 5.75 Å². The Morgan fingerprint density at radius 2 is 2.33 bits per heavy atom. The molecule has 0 radical (unpaired) electrons. The van der Waals surface area contributed by atoms with Crippen molar-refractivity contribution in [3.63, 3.8) is 0 Å². The van der Waals surface area contributed by atoms with E-state index >= 15 is 0 Å². The molecular weight excluding hydrogens is 186 g/mol. The van der Waals surface area contributed by atoms with Crippen molar-refractivity contribution in [1.82, 2.24) is 5.32 Å². The van der Waals surface area contributed by atoms with Crippen molar-refractivity contribution in [2.75, 3.05) is 13.2 Å². The fourth-order valence-corrected chi connectivity index (χ4v) is 2.15. The monoisotopic (exact) mass is 205 g/mol. The number of rotatable bonds is 3. The zero-order valence-electron chi connectivity index (χ0n) is 9.49. The Bertz CT molecular complexity index is 324. The number of hydrogen-bond acceptors (Lipinski definition) is 2. The van der Waals surface area contributed by atoms with Gasteiger partial charge >= 0.3 is 0 Å². The Hall–Kier alpha value is -1.02. The SMILES string of the molecule is CCOc1cccc(C2CC(C)CN2)c1. The molecule has 2 unspecified atom stereocenters. The van der Waals surface area contributed by atoms with E-state index in [0.29, 0.717) is 6.04 Å². The molecular formula is C13H19NO. The molecule has 0 aliphatic carbocycles. The number of benzene rings is 1. The summed E-state index contributed by atoms with van der Waals surface area (Å²) in [7, 11) is 0. The molecule has 2 rings (SSSR count). The summed E-state index contributed by atoms with van der Waals surface area (Å²) in [4.78, 5) is 0. The van der Waals surface area contributed by atoms with E-state index < -0.39 is 0 Å². The first kappa shape index (κ1) is 10.5. The summed E-state index contributed by atoms with van der Waals surface area (Å²) < 4.78 is 5.51. The minimum atomic E-state index is 0.514. The van der Waals surface area contributed by atoms with Crippen LogP contribution in [0.4, 0.5) is 0 Å². The van der Waals surface area contributed by atoms with Crippen LogP contribution in [0.3, 0.4) is 0 Å². The molecule has 1 aliphatic heterocycles. The van der Waals surface area contributed by atoms with E-state index in [2.05, 4.69) is 30.4 Å². The third-order valence-electron chi connectivity index (χ3n) is 2.92. The lowest BCUT2D eigenvalue weighted by atomic mass is 10.0. The summed E-state index contributed by atoms with van der Waals surface area (Å²) >= 11 is 0. The summed E-state index contributed by atoms with van der Waals surface area (Å²) in [5.74, 6) is 1.77. The van der Waals surface area contributed by atoms with E-state index in [-0.39, 0.29) is 0 Å². The maximum absolute atomic E-state index is 5.51. The Balaban J connectivity index is 2.10. The van der Waals surface area contributed by atoms with Crippen LogP contribution in [0.5, 0.6) is 5.75 Å². The third-order valence-corrected chi connectivity index (χ3v) is 2.92. The quantitative estimate of drug-likeness (QED) is 0.819. The molecule has 0 aromatic heterocycles. The van der Waals surface area contributed by atoms with Gasteiger partial charge in [0.15, 0.2) is 0 Å². The van der Waals surface area contributed by atoms with Crippen molar-refractivity contribution < 1.29 is 4.74 Å². The van der Waals surface area contributed by atoms with E-state index in [4.69, 9.17) is 4.74 Å². The van der Waals surface area contributed by atoms with E-state index in [1.165, 1.54) is 12.0 Å². The molecule has 2 nitrogen and oxygen atoms in total. The lowest BCUT2D eigenvalue weighted by Crippen LogP contribution is -2.13. The van der Waals surface area contributed by atoms with Crippen LogP contribution >= 0.6 is 0 Å². The maximum atomic E-state index is 5.51. The van der Waals surface area contributed by atoms with Gasteiger partial charge in [-0.15, -0.1) is 0 Å². The van der Waals surface area contributed by atoms with E-state index in [9.17, 15) is 0 Å². The lowest BCUT2D eigenvalue weighted by molar-refractivity contribution is 0.339. The highest BCUT2D eigenvalue weighted by Crippen LogP contribution is 2.28. The fraction of sp³-hybridized carbons (Fsp3) is 0.538. The molecule has 0 spiro atoms. The summed E-state index contributed by atoms with van der Waals surface area (Å²) in [5.41, 5.74) is 1.35. The van der Waals surface area contributed by atoms with Gasteiger partial charge in [0.25, 0.3) is 0 Å². The summed E-state index contributed by atoms with van der Waals surface area (Å²) in [5, 5.41) is 3.54. The first-order valence-corrected chi connectivity index (χ1v) is 5.75. The van der Waals surface area contributed by atoms with E-state index in [0.717, 1.165) is 24.8 Å². The third kappa shape index (κ3) is 2.51. The van der Waals surface area contributed by atoms with Crippen LogP contribution in [0.2, 0.25) is 0 Å². The van der Waals surface area contributed by atoms with Gasteiger partial charge in [0, 0.05) is 6.04 Å². The van der Waals surface area contributed by atoms with Gasteiger partial charge in [-0.3, -0.25) is 0 Å². The zero-order chi connectivity index (χ0) is 10.7. The fourth-order valence-electron chi connectivity index (χ4n) is 2.15. The summed E-state index contributed by atoms with van der Waals surface area (Å²) in [6.07, 6.45) is 1.23. The van der Waals surface area contributed by atoms with Crippen molar-refractivity contribution in [1.29, 1.82) is 0 Å². The predicted molar refractivity (Wildman–Crippen MR) is 62.1 cm³/mol. The minimum Gasteiger partial charge on any atom is -0.494 e. The number of nitrogens with one attached hydrogen (secondary N) is 1. The standard InChI is InChI=1S/C13H19NO/c1-3-15-12-6-4-5-11(8-12)13-7-10(2)9-14-13/h4-6,8,10,13-14H,3,7,9H2,1-2H3. The van der Waals surface area contributed by atoms with Gasteiger partial charge in [-0.2, -0.15) is 0 Å². The average molecular weight is 205 g/mol. The molecule has 2 heteroatoms. The summed E-state index contributed by atoms with van der Waals surface area (Å²) in [6, 6.07) is 8.94. The summed E-state index contributed by atoms with van der Waals surface area (Å²) in [6.45, 7) is 6.17. The maximum Gasteiger partial charge on any atom is 0.119 e. The molecule has 1 aliphatic rings. The molecule has 1 N–H and O–H groups in total. The van der Waals surface area contributed by atoms with Crippen LogP contribution in [0, 0.1) is 5.92 Å². The molecule has 1 heterocycles. The molecule has 15 heavy (non-hydrogen) atoms. The molecule has 1 saturated heterocycles. The van der Waals surface area contributed by atoms with Crippen molar-refractivity contribution in [2.45, 2.75) is 26.3 Å². The second-order valence-electron chi connectivity index (χ2n) is 4.31. The Kier molecular flexibility index (Phi) is 3.27. The van der Waals surface area contributed by atoms with Gasteiger partial charge in [0.05, 0.1) is 6.61 Å². The van der Waals surface area contributed by atoms with Crippen molar-refractivity contribution in [2.24, 2.45) is 5.92 Å². The van der Waals surface area contributed by atoms with Gasteiger partial charge in [0.2, 0.25) is 0 Å². The molecule has 0 bridgehead atoms. The Morgan fingerprint density at radius 3 is 3.00 bits per heavy atom.